The van der Waals surface area contributed by atoms with Crippen LogP contribution in [-0.2, 0) is 17.8 Å². The lowest BCUT2D eigenvalue weighted by molar-refractivity contribution is 0.0301. The van der Waals surface area contributed by atoms with E-state index in [0.29, 0.717) is 45.0 Å². The molecule has 4 rings (SSSR count). The van der Waals surface area contributed by atoms with Crippen LogP contribution in [0.15, 0.2) is 42.5 Å². The predicted molar refractivity (Wildman–Crippen MR) is 117 cm³/mol. The number of ether oxygens (including phenoxy) is 1. The SMILES string of the molecule is CN(Cc1ccc(Cl)s1)Cc1c(O)c(C(=O)N2CCOCC2)cc2ccccc12. The number of hydrogen-bond acceptors (Lipinski definition) is 5. The molecule has 2 heterocycles. The third-order valence-electron chi connectivity index (χ3n) is 5.14. The van der Waals surface area contributed by atoms with Gasteiger partial charge >= 0.3 is 0 Å². The number of nitrogens with zero attached hydrogens (tertiary/aromatic N) is 2. The summed E-state index contributed by atoms with van der Waals surface area (Å²) >= 11 is 7.60. The van der Waals surface area contributed by atoms with Crippen molar-refractivity contribution in [3.63, 3.8) is 0 Å². The van der Waals surface area contributed by atoms with E-state index in [1.807, 2.05) is 43.4 Å². The highest BCUT2D eigenvalue weighted by Crippen LogP contribution is 2.34. The molecule has 2 aromatic carbocycles. The number of carbonyl (C=O) groups excluding carboxylic acids is 1. The monoisotopic (exact) mass is 430 g/mol. The Morgan fingerprint density at radius 3 is 2.69 bits per heavy atom. The summed E-state index contributed by atoms with van der Waals surface area (Å²) in [5.41, 5.74) is 1.12. The predicted octanol–water partition coefficient (Wildman–Crippen LogP) is 4.36. The summed E-state index contributed by atoms with van der Waals surface area (Å²) in [7, 11) is 2.00. The molecule has 5 nitrogen and oxygen atoms in total. The molecule has 1 fully saturated rings. The van der Waals surface area contributed by atoms with Crippen LogP contribution in [-0.4, -0.2) is 54.2 Å². The summed E-state index contributed by atoms with van der Waals surface area (Å²) in [4.78, 5) is 18.1. The number of rotatable bonds is 5. The van der Waals surface area contributed by atoms with Crippen molar-refractivity contribution in [3.8, 4) is 5.75 Å². The minimum atomic E-state index is -0.148. The van der Waals surface area contributed by atoms with Crippen molar-refractivity contribution in [1.29, 1.82) is 0 Å². The molecule has 1 saturated heterocycles. The normalized spacial score (nSPS) is 14.7. The maximum absolute atomic E-state index is 13.1. The first kappa shape index (κ1) is 20.2. The number of hydrogen-bond donors (Lipinski definition) is 1. The van der Waals surface area contributed by atoms with Crippen LogP contribution in [0.2, 0.25) is 4.34 Å². The van der Waals surface area contributed by atoms with Gasteiger partial charge in [0.1, 0.15) is 5.75 Å². The van der Waals surface area contributed by atoms with Crippen LogP contribution in [0.3, 0.4) is 0 Å². The molecule has 1 aliphatic rings. The number of benzene rings is 2. The number of morpholine rings is 1. The summed E-state index contributed by atoms with van der Waals surface area (Å²) in [6, 6.07) is 13.6. The Morgan fingerprint density at radius 2 is 1.97 bits per heavy atom. The van der Waals surface area contributed by atoms with E-state index in [-0.39, 0.29) is 11.7 Å². The first-order valence-electron chi connectivity index (χ1n) is 9.56. The maximum Gasteiger partial charge on any atom is 0.257 e. The smallest absolute Gasteiger partial charge is 0.257 e. The number of phenols is 1. The van der Waals surface area contributed by atoms with Gasteiger partial charge in [-0.1, -0.05) is 35.9 Å². The summed E-state index contributed by atoms with van der Waals surface area (Å²) in [5.74, 6) is -0.0817. The topological polar surface area (TPSA) is 53.0 Å². The molecule has 0 aliphatic carbocycles. The number of amides is 1. The molecular weight excluding hydrogens is 408 g/mol. The fourth-order valence-corrected chi connectivity index (χ4v) is 4.87. The lowest BCUT2D eigenvalue weighted by Crippen LogP contribution is -2.40. The van der Waals surface area contributed by atoms with E-state index in [9.17, 15) is 9.90 Å². The average molecular weight is 431 g/mol. The van der Waals surface area contributed by atoms with E-state index in [4.69, 9.17) is 16.3 Å². The van der Waals surface area contributed by atoms with E-state index in [2.05, 4.69) is 4.90 Å². The second-order valence-corrected chi connectivity index (χ2v) is 9.05. The van der Waals surface area contributed by atoms with Crippen LogP contribution in [0, 0.1) is 0 Å². The van der Waals surface area contributed by atoms with E-state index < -0.39 is 0 Å². The van der Waals surface area contributed by atoms with E-state index >= 15 is 0 Å². The Morgan fingerprint density at radius 1 is 1.21 bits per heavy atom. The minimum absolute atomic E-state index is 0.0660. The number of thiophene rings is 1. The highest BCUT2D eigenvalue weighted by Gasteiger charge is 2.24. The molecule has 29 heavy (non-hydrogen) atoms. The molecule has 7 heteroatoms. The first-order chi connectivity index (χ1) is 14.0. The number of fused-ring (bicyclic) bond motifs is 1. The van der Waals surface area contributed by atoms with Crippen LogP contribution in [0.5, 0.6) is 5.75 Å². The molecule has 0 atom stereocenters. The molecule has 0 radical (unpaired) electrons. The number of carbonyl (C=O) groups is 1. The van der Waals surface area contributed by atoms with Crippen molar-refractivity contribution < 1.29 is 14.6 Å². The van der Waals surface area contributed by atoms with Gasteiger partial charge in [0, 0.05) is 36.6 Å². The van der Waals surface area contributed by atoms with Crippen LogP contribution in [0.1, 0.15) is 20.8 Å². The molecule has 1 aromatic heterocycles. The molecule has 0 unspecified atom stereocenters. The van der Waals surface area contributed by atoms with Crippen molar-refractivity contribution in [2.45, 2.75) is 13.1 Å². The van der Waals surface area contributed by atoms with E-state index in [1.54, 1.807) is 22.3 Å². The van der Waals surface area contributed by atoms with Crippen molar-refractivity contribution in [1.82, 2.24) is 9.80 Å². The molecule has 0 saturated carbocycles. The van der Waals surface area contributed by atoms with Crippen LogP contribution >= 0.6 is 22.9 Å². The lowest BCUT2D eigenvalue weighted by Gasteiger charge is -2.28. The molecule has 3 aromatic rings. The average Bonchev–Trinajstić information content (AvgIpc) is 3.14. The molecule has 1 amide bonds. The quantitative estimate of drug-likeness (QED) is 0.653. The third kappa shape index (κ3) is 4.41. The van der Waals surface area contributed by atoms with Crippen molar-refractivity contribution in [2.75, 3.05) is 33.4 Å². The Bertz CT molecular complexity index is 1030. The Kier molecular flexibility index (Phi) is 6.06. The van der Waals surface area contributed by atoms with E-state index in [1.165, 1.54) is 0 Å². The highest BCUT2D eigenvalue weighted by atomic mass is 35.5. The fraction of sp³-hybridized carbons (Fsp3) is 0.318. The molecular formula is C22H23ClN2O3S. The second-order valence-electron chi connectivity index (χ2n) is 7.26. The van der Waals surface area contributed by atoms with Gasteiger partial charge in [-0.15, -0.1) is 11.3 Å². The maximum atomic E-state index is 13.1. The fourth-order valence-electron chi connectivity index (χ4n) is 3.70. The minimum Gasteiger partial charge on any atom is -0.507 e. The summed E-state index contributed by atoms with van der Waals surface area (Å²) in [6.45, 7) is 3.37. The zero-order chi connectivity index (χ0) is 20.4. The second kappa shape index (κ2) is 8.71. The largest absolute Gasteiger partial charge is 0.507 e. The van der Waals surface area contributed by atoms with Gasteiger partial charge in [-0.25, -0.2) is 0 Å². The van der Waals surface area contributed by atoms with E-state index in [0.717, 1.165) is 25.5 Å². The third-order valence-corrected chi connectivity index (χ3v) is 6.35. The van der Waals surface area contributed by atoms with Gasteiger partial charge in [-0.3, -0.25) is 9.69 Å². The summed E-state index contributed by atoms with van der Waals surface area (Å²) in [5, 5.41) is 13.0. The van der Waals surface area contributed by atoms with Crippen molar-refractivity contribution in [2.24, 2.45) is 0 Å². The molecule has 0 bridgehead atoms. The molecule has 152 valence electrons. The van der Waals surface area contributed by atoms with Crippen molar-refractivity contribution >= 4 is 39.6 Å². The van der Waals surface area contributed by atoms with Crippen molar-refractivity contribution in [3.05, 3.63) is 62.8 Å². The standard InChI is InChI=1S/C22H23ClN2O3S/c1-24(13-16-6-7-20(23)29-16)14-19-17-5-3-2-4-15(17)12-18(21(19)26)22(27)25-8-10-28-11-9-25/h2-7,12,26H,8-11,13-14H2,1H3. The number of aromatic hydroxyl groups is 1. The van der Waals surface area contributed by atoms with Crippen LogP contribution < -0.4 is 0 Å². The van der Waals surface area contributed by atoms with Gasteiger partial charge in [0.15, 0.2) is 0 Å². The lowest BCUT2D eigenvalue weighted by atomic mass is 9.98. The zero-order valence-corrected chi connectivity index (χ0v) is 17.8. The molecule has 0 spiro atoms. The number of phenolic OH excluding ortho intramolecular Hbond substituents is 1. The molecule has 1 aliphatic heterocycles. The van der Waals surface area contributed by atoms with Crippen LogP contribution in [0.4, 0.5) is 0 Å². The zero-order valence-electron chi connectivity index (χ0n) is 16.2. The van der Waals surface area contributed by atoms with Gasteiger partial charge < -0.3 is 14.7 Å². The summed E-state index contributed by atoms with van der Waals surface area (Å²) in [6.07, 6.45) is 0. The van der Waals surface area contributed by atoms with Gasteiger partial charge in [0.2, 0.25) is 0 Å². The van der Waals surface area contributed by atoms with Gasteiger partial charge in [-0.2, -0.15) is 0 Å². The van der Waals surface area contributed by atoms with Gasteiger partial charge in [0.05, 0.1) is 23.1 Å². The van der Waals surface area contributed by atoms with Crippen LogP contribution in [0.25, 0.3) is 10.8 Å². The Labute approximate surface area is 179 Å². The Hall–Kier alpha value is -2.12. The highest BCUT2D eigenvalue weighted by molar-refractivity contribution is 7.16. The first-order valence-corrected chi connectivity index (χ1v) is 10.8. The van der Waals surface area contributed by atoms with Gasteiger partial charge in [0.25, 0.3) is 5.91 Å². The molecule has 1 N–H and O–H groups in total. The Balaban J connectivity index is 1.67. The van der Waals surface area contributed by atoms with Gasteiger partial charge in [-0.05, 0) is 36.0 Å². The number of halogens is 1. The summed E-state index contributed by atoms with van der Waals surface area (Å²) < 4.78 is 6.11.